The summed E-state index contributed by atoms with van der Waals surface area (Å²) in [5.41, 5.74) is 3.83. The van der Waals surface area contributed by atoms with E-state index in [0.717, 1.165) is 6.54 Å². The van der Waals surface area contributed by atoms with Gasteiger partial charge in [0.25, 0.3) is 0 Å². The lowest BCUT2D eigenvalue weighted by Crippen LogP contribution is -2.21. The molecule has 2 nitrogen and oxygen atoms in total. The number of nitrogens with zero attached hydrogens (tertiary/aromatic N) is 1. The van der Waals surface area contributed by atoms with E-state index < -0.39 is 0 Å². The summed E-state index contributed by atoms with van der Waals surface area (Å²) in [6.07, 6.45) is 3.77. The molecule has 0 spiro atoms. The summed E-state index contributed by atoms with van der Waals surface area (Å²) >= 11 is 0. The van der Waals surface area contributed by atoms with Crippen LogP contribution in [0.2, 0.25) is 0 Å². The molecular formula is C19H20N2. The highest BCUT2D eigenvalue weighted by atomic mass is 14.9. The van der Waals surface area contributed by atoms with Crippen molar-refractivity contribution >= 4 is 10.8 Å². The number of rotatable bonds is 4. The van der Waals surface area contributed by atoms with Crippen LogP contribution in [-0.4, -0.2) is 11.0 Å². The van der Waals surface area contributed by atoms with E-state index in [1.807, 2.05) is 12.4 Å². The maximum Gasteiger partial charge on any atom is 0.0346 e. The molecule has 2 heteroatoms. The van der Waals surface area contributed by atoms with Gasteiger partial charge >= 0.3 is 0 Å². The van der Waals surface area contributed by atoms with Crippen molar-refractivity contribution in [2.45, 2.75) is 26.4 Å². The van der Waals surface area contributed by atoms with E-state index >= 15 is 0 Å². The quantitative estimate of drug-likeness (QED) is 0.764. The number of aromatic nitrogens is 1. The topological polar surface area (TPSA) is 24.9 Å². The molecule has 1 heterocycles. The first kappa shape index (κ1) is 13.8. The van der Waals surface area contributed by atoms with Gasteiger partial charge in [0.05, 0.1) is 0 Å². The van der Waals surface area contributed by atoms with Crippen LogP contribution in [0, 0.1) is 0 Å². The molecule has 3 aromatic rings. The molecule has 1 N–H and O–H groups in total. The van der Waals surface area contributed by atoms with Crippen LogP contribution in [0.5, 0.6) is 0 Å². The van der Waals surface area contributed by atoms with Gasteiger partial charge in [-0.05, 0) is 28.1 Å². The number of fused-ring (bicyclic) bond motifs is 1. The van der Waals surface area contributed by atoms with E-state index in [-0.39, 0.29) is 0 Å². The molecule has 0 radical (unpaired) electrons. The van der Waals surface area contributed by atoms with Gasteiger partial charge in [-0.2, -0.15) is 0 Å². The predicted molar refractivity (Wildman–Crippen MR) is 89.2 cm³/mol. The smallest absolute Gasteiger partial charge is 0.0346 e. The van der Waals surface area contributed by atoms with Crippen molar-refractivity contribution in [3.63, 3.8) is 0 Å². The van der Waals surface area contributed by atoms with Crippen LogP contribution in [0.3, 0.4) is 0 Å². The van der Waals surface area contributed by atoms with Crippen LogP contribution in [0.25, 0.3) is 21.9 Å². The van der Waals surface area contributed by atoms with Gasteiger partial charge in [0.1, 0.15) is 0 Å². The van der Waals surface area contributed by atoms with Crippen LogP contribution >= 0.6 is 0 Å². The van der Waals surface area contributed by atoms with Crippen molar-refractivity contribution < 1.29 is 0 Å². The fourth-order valence-corrected chi connectivity index (χ4v) is 2.50. The van der Waals surface area contributed by atoms with Gasteiger partial charge in [-0.3, -0.25) is 4.98 Å². The maximum atomic E-state index is 4.19. The third-order valence-electron chi connectivity index (χ3n) is 3.66. The Morgan fingerprint density at radius 3 is 2.57 bits per heavy atom. The molecule has 106 valence electrons. The van der Waals surface area contributed by atoms with Crippen molar-refractivity contribution in [2.75, 3.05) is 0 Å². The average molecular weight is 276 g/mol. The molecule has 0 fully saturated rings. The lowest BCUT2D eigenvalue weighted by atomic mass is 9.98. The van der Waals surface area contributed by atoms with E-state index in [4.69, 9.17) is 0 Å². The Bertz CT molecular complexity index is 725. The Kier molecular flexibility index (Phi) is 3.98. The van der Waals surface area contributed by atoms with Gasteiger partial charge in [0.15, 0.2) is 0 Å². The van der Waals surface area contributed by atoms with Crippen LogP contribution in [0.4, 0.5) is 0 Å². The second-order valence-electron chi connectivity index (χ2n) is 5.63. The standard InChI is InChI=1S/C19H20N2/c1-14(2)21-12-15-6-8-16(9-7-15)18-5-3-4-17-13-20-11-10-19(17)18/h3-11,13-14,21H,12H2,1-2H3. The average Bonchev–Trinajstić information content (AvgIpc) is 2.53. The Balaban J connectivity index is 1.92. The Morgan fingerprint density at radius 1 is 1.00 bits per heavy atom. The Hall–Kier alpha value is -2.19. The predicted octanol–water partition coefficient (Wildman–Crippen LogP) is 4.40. The van der Waals surface area contributed by atoms with Crippen molar-refractivity contribution in [3.05, 3.63) is 66.5 Å². The lowest BCUT2D eigenvalue weighted by Gasteiger charge is -2.10. The monoisotopic (exact) mass is 276 g/mol. The van der Waals surface area contributed by atoms with Crippen LogP contribution < -0.4 is 5.32 Å². The zero-order chi connectivity index (χ0) is 14.7. The van der Waals surface area contributed by atoms with Crippen molar-refractivity contribution in [1.82, 2.24) is 10.3 Å². The first-order valence-electron chi connectivity index (χ1n) is 7.39. The van der Waals surface area contributed by atoms with E-state index in [2.05, 4.69) is 72.7 Å². The number of nitrogens with one attached hydrogen (secondary N) is 1. The first-order valence-corrected chi connectivity index (χ1v) is 7.39. The molecule has 3 rings (SSSR count). The summed E-state index contributed by atoms with van der Waals surface area (Å²) in [5.74, 6) is 0. The van der Waals surface area contributed by atoms with Gasteiger partial charge in [-0.1, -0.05) is 56.3 Å². The molecule has 0 saturated heterocycles. The van der Waals surface area contributed by atoms with Gasteiger partial charge in [0, 0.05) is 30.4 Å². The van der Waals surface area contributed by atoms with Gasteiger partial charge < -0.3 is 5.32 Å². The summed E-state index contributed by atoms with van der Waals surface area (Å²) in [5, 5.41) is 5.87. The summed E-state index contributed by atoms with van der Waals surface area (Å²) in [7, 11) is 0. The third-order valence-corrected chi connectivity index (χ3v) is 3.66. The molecule has 21 heavy (non-hydrogen) atoms. The highest BCUT2D eigenvalue weighted by molar-refractivity contribution is 5.96. The maximum absolute atomic E-state index is 4.19. The third kappa shape index (κ3) is 3.11. The van der Waals surface area contributed by atoms with E-state index in [1.165, 1.54) is 27.5 Å². The zero-order valence-electron chi connectivity index (χ0n) is 12.5. The van der Waals surface area contributed by atoms with Gasteiger partial charge in [0.2, 0.25) is 0 Å². The molecule has 2 aromatic carbocycles. The molecule has 0 bridgehead atoms. The molecule has 0 atom stereocenters. The summed E-state index contributed by atoms with van der Waals surface area (Å²) in [4.78, 5) is 4.19. The summed E-state index contributed by atoms with van der Waals surface area (Å²) in [6, 6.07) is 17.8. The highest BCUT2D eigenvalue weighted by Gasteiger charge is 2.03. The van der Waals surface area contributed by atoms with Crippen molar-refractivity contribution in [3.8, 4) is 11.1 Å². The van der Waals surface area contributed by atoms with E-state index in [0.29, 0.717) is 6.04 Å². The number of hydrogen-bond acceptors (Lipinski definition) is 2. The summed E-state index contributed by atoms with van der Waals surface area (Å²) < 4.78 is 0. The fourth-order valence-electron chi connectivity index (χ4n) is 2.50. The molecular weight excluding hydrogens is 256 g/mol. The minimum absolute atomic E-state index is 0.509. The molecule has 0 saturated carbocycles. The number of benzene rings is 2. The zero-order valence-corrected chi connectivity index (χ0v) is 12.5. The Labute approximate surface area is 125 Å². The second kappa shape index (κ2) is 6.06. The van der Waals surface area contributed by atoms with Crippen LogP contribution in [0.1, 0.15) is 19.4 Å². The largest absolute Gasteiger partial charge is 0.310 e. The molecule has 0 aliphatic carbocycles. The molecule has 0 amide bonds. The summed E-state index contributed by atoms with van der Waals surface area (Å²) in [6.45, 7) is 5.24. The highest BCUT2D eigenvalue weighted by Crippen LogP contribution is 2.28. The minimum Gasteiger partial charge on any atom is -0.310 e. The normalized spacial score (nSPS) is 11.2. The minimum atomic E-state index is 0.509. The Morgan fingerprint density at radius 2 is 1.81 bits per heavy atom. The van der Waals surface area contributed by atoms with Crippen molar-refractivity contribution in [2.24, 2.45) is 0 Å². The second-order valence-corrected chi connectivity index (χ2v) is 5.63. The van der Waals surface area contributed by atoms with Crippen molar-refractivity contribution in [1.29, 1.82) is 0 Å². The number of hydrogen-bond donors (Lipinski definition) is 1. The van der Waals surface area contributed by atoms with Gasteiger partial charge in [-0.15, -0.1) is 0 Å². The van der Waals surface area contributed by atoms with Crippen LogP contribution in [0.15, 0.2) is 60.9 Å². The fraction of sp³-hybridized carbons (Fsp3) is 0.211. The first-order chi connectivity index (χ1) is 10.2. The molecule has 0 unspecified atom stereocenters. The lowest BCUT2D eigenvalue weighted by molar-refractivity contribution is 0.589. The number of pyridine rings is 1. The van der Waals surface area contributed by atoms with E-state index in [1.54, 1.807) is 0 Å². The van der Waals surface area contributed by atoms with Crippen LogP contribution in [-0.2, 0) is 6.54 Å². The molecule has 0 aliphatic heterocycles. The van der Waals surface area contributed by atoms with E-state index in [9.17, 15) is 0 Å². The SMILES string of the molecule is CC(C)NCc1ccc(-c2cccc3cnccc23)cc1. The molecule has 1 aromatic heterocycles. The molecule has 0 aliphatic rings. The van der Waals surface area contributed by atoms with Gasteiger partial charge in [-0.25, -0.2) is 0 Å².